The predicted octanol–water partition coefficient (Wildman–Crippen LogP) is 3.59. The molecule has 0 saturated heterocycles. The fraction of sp³-hybridized carbons (Fsp3) is 0.462. The van der Waals surface area contributed by atoms with E-state index in [1.807, 2.05) is 13.0 Å². The van der Waals surface area contributed by atoms with E-state index in [0.717, 1.165) is 11.8 Å². The Kier molecular flexibility index (Phi) is 7.78. The molecule has 1 aromatic carbocycles. The van der Waals surface area contributed by atoms with Gasteiger partial charge in [-0.1, -0.05) is 28.9 Å². The van der Waals surface area contributed by atoms with Gasteiger partial charge in [-0.15, -0.1) is 11.6 Å². The molecule has 0 saturated carbocycles. The van der Waals surface area contributed by atoms with Crippen LogP contribution in [0.1, 0.15) is 17.5 Å². The number of benzene rings is 1. The number of halogens is 5. The van der Waals surface area contributed by atoms with Gasteiger partial charge >= 0.3 is 15.5 Å². The van der Waals surface area contributed by atoms with Gasteiger partial charge in [0.1, 0.15) is 6.61 Å². The van der Waals surface area contributed by atoms with Crippen molar-refractivity contribution in [2.75, 3.05) is 5.88 Å². The van der Waals surface area contributed by atoms with E-state index in [2.05, 4.69) is 5.16 Å². The highest BCUT2D eigenvalue weighted by molar-refractivity contribution is 7.90. The average Bonchev–Trinajstić information content (AvgIpc) is 2.44. The van der Waals surface area contributed by atoms with Crippen molar-refractivity contribution in [1.82, 2.24) is 4.72 Å². The van der Waals surface area contributed by atoms with Crippen molar-refractivity contribution < 1.29 is 26.4 Å². The second-order valence-corrected chi connectivity index (χ2v) is 7.26. The lowest BCUT2D eigenvalue weighted by molar-refractivity contribution is -0.0449. The van der Waals surface area contributed by atoms with E-state index in [-0.39, 0.29) is 18.9 Å². The van der Waals surface area contributed by atoms with Gasteiger partial charge < -0.3 is 4.84 Å². The van der Waals surface area contributed by atoms with Crippen molar-refractivity contribution in [3.05, 3.63) is 34.3 Å². The van der Waals surface area contributed by atoms with Crippen LogP contribution in [0.15, 0.2) is 23.4 Å². The third-order valence-corrected chi connectivity index (χ3v) is 4.57. The highest BCUT2D eigenvalue weighted by atomic mass is 35.5. The molecule has 11 heteroatoms. The fourth-order valence-electron chi connectivity index (χ4n) is 1.54. The van der Waals surface area contributed by atoms with Gasteiger partial charge in [0, 0.05) is 16.5 Å². The summed E-state index contributed by atoms with van der Waals surface area (Å²) in [5, 5.41) is 3.94. The third kappa shape index (κ3) is 6.46. The predicted molar refractivity (Wildman–Crippen MR) is 86.7 cm³/mol. The molecular weight excluding hydrogens is 392 g/mol. The first-order valence-electron chi connectivity index (χ1n) is 6.62. The minimum atomic E-state index is -5.50. The number of hydrogen-bond acceptors (Lipinski definition) is 4. The zero-order valence-corrected chi connectivity index (χ0v) is 14.8. The monoisotopic (exact) mass is 406 g/mol. The van der Waals surface area contributed by atoms with E-state index in [1.54, 1.807) is 12.1 Å². The first-order valence-corrected chi connectivity index (χ1v) is 9.01. The second-order valence-electron chi connectivity index (χ2n) is 4.77. The molecule has 0 fully saturated rings. The maximum atomic E-state index is 12.3. The Balaban J connectivity index is 2.66. The summed E-state index contributed by atoms with van der Waals surface area (Å²) in [5.74, 6) is -0.0686. The lowest BCUT2D eigenvalue weighted by Crippen LogP contribution is -2.43. The first kappa shape index (κ1) is 21.0. The van der Waals surface area contributed by atoms with Crippen molar-refractivity contribution in [2.24, 2.45) is 5.16 Å². The van der Waals surface area contributed by atoms with E-state index < -0.39 is 21.6 Å². The van der Waals surface area contributed by atoms with Crippen molar-refractivity contribution in [3.63, 3.8) is 0 Å². The van der Waals surface area contributed by atoms with Gasteiger partial charge in [0.25, 0.3) is 0 Å². The lowest BCUT2D eigenvalue weighted by atomic mass is 10.2. The summed E-state index contributed by atoms with van der Waals surface area (Å²) in [4.78, 5) is 4.94. The van der Waals surface area contributed by atoms with Gasteiger partial charge in [0.05, 0.1) is 12.3 Å². The molecule has 24 heavy (non-hydrogen) atoms. The maximum absolute atomic E-state index is 12.3. The molecule has 1 unspecified atom stereocenters. The molecule has 0 aliphatic carbocycles. The number of oxime groups is 1. The van der Waals surface area contributed by atoms with Crippen LogP contribution in [-0.4, -0.2) is 32.1 Å². The van der Waals surface area contributed by atoms with E-state index in [4.69, 9.17) is 28.0 Å². The Labute approximate surface area is 147 Å². The highest BCUT2D eigenvalue weighted by Crippen LogP contribution is 2.22. The quantitative estimate of drug-likeness (QED) is 0.407. The smallest absolute Gasteiger partial charge is 0.391 e. The van der Waals surface area contributed by atoms with E-state index >= 15 is 0 Å². The van der Waals surface area contributed by atoms with Crippen LogP contribution in [0.5, 0.6) is 0 Å². The number of alkyl halides is 4. The molecule has 0 aromatic heterocycles. The molecule has 0 radical (unpaired) electrons. The van der Waals surface area contributed by atoms with Crippen LogP contribution in [0, 0.1) is 6.92 Å². The third-order valence-electron chi connectivity index (χ3n) is 2.78. The minimum absolute atomic E-state index is 0.0186. The van der Waals surface area contributed by atoms with Crippen LogP contribution >= 0.6 is 23.2 Å². The number of hydrogen-bond donors (Lipinski definition) is 1. The van der Waals surface area contributed by atoms with Gasteiger partial charge in [-0.2, -0.15) is 17.9 Å². The van der Waals surface area contributed by atoms with Crippen molar-refractivity contribution in [2.45, 2.75) is 31.5 Å². The van der Waals surface area contributed by atoms with Gasteiger partial charge in [-0.3, -0.25) is 0 Å². The van der Waals surface area contributed by atoms with Gasteiger partial charge in [0.2, 0.25) is 0 Å². The molecular formula is C13H15Cl2F3N2O3S. The number of rotatable bonds is 8. The highest BCUT2D eigenvalue weighted by Gasteiger charge is 2.46. The molecule has 0 heterocycles. The van der Waals surface area contributed by atoms with Crippen LogP contribution in [0.3, 0.4) is 0 Å². The van der Waals surface area contributed by atoms with E-state index in [9.17, 15) is 21.6 Å². The van der Waals surface area contributed by atoms with Crippen molar-refractivity contribution in [1.29, 1.82) is 0 Å². The fourth-order valence-corrected chi connectivity index (χ4v) is 2.78. The Morgan fingerprint density at radius 2 is 2.08 bits per heavy atom. The maximum Gasteiger partial charge on any atom is 0.511 e. The number of nitrogens with zero attached hydrogens (tertiary/aromatic N) is 1. The zero-order chi connectivity index (χ0) is 18.4. The zero-order valence-electron chi connectivity index (χ0n) is 12.5. The summed E-state index contributed by atoms with van der Waals surface area (Å²) in [6.45, 7) is 1.84. The SMILES string of the molecule is Cc1ccc(CON=CC(CCCl)NS(=O)(=O)C(F)(F)F)c(Cl)c1. The molecule has 5 nitrogen and oxygen atoms in total. The minimum Gasteiger partial charge on any atom is -0.391 e. The second kappa shape index (κ2) is 8.89. The summed E-state index contributed by atoms with van der Waals surface area (Å²) < 4.78 is 60.6. The lowest BCUT2D eigenvalue weighted by Gasteiger charge is -2.14. The van der Waals surface area contributed by atoms with E-state index in [1.165, 1.54) is 4.72 Å². The number of nitrogens with one attached hydrogen (secondary N) is 1. The normalized spacial score (nSPS) is 14.1. The molecule has 1 aromatic rings. The number of sulfonamides is 1. The largest absolute Gasteiger partial charge is 0.511 e. The molecule has 0 spiro atoms. The summed E-state index contributed by atoms with van der Waals surface area (Å²) in [5.41, 5.74) is -3.83. The van der Waals surface area contributed by atoms with E-state index in [0.29, 0.717) is 10.6 Å². The molecule has 0 aliphatic rings. The standard InChI is InChI=1S/C13H15Cl2F3N2O3S/c1-9-2-3-10(12(15)6-9)8-23-19-7-11(4-5-14)20-24(21,22)13(16,17)18/h2-3,6-7,11,20H,4-5,8H2,1H3. The average molecular weight is 407 g/mol. The number of aryl methyl sites for hydroxylation is 1. The van der Waals surface area contributed by atoms with Crippen LogP contribution in [-0.2, 0) is 21.5 Å². The van der Waals surface area contributed by atoms with Gasteiger partial charge in [-0.25, -0.2) is 8.42 Å². The van der Waals surface area contributed by atoms with Crippen LogP contribution in [0.2, 0.25) is 5.02 Å². The van der Waals surface area contributed by atoms with Gasteiger partial charge in [-0.05, 0) is 25.0 Å². The topological polar surface area (TPSA) is 67.8 Å². The van der Waals surface area contributed by atoms with Gasteiger partial charge in [0.15, 0.2) is 0 Å². The Morgan fingerprint density at radius 3 is 2.62 bits per heavy atom. The van der Waals surface area contributed by atoms with Crippen molar-refractivity contribution >= 4 is 39.4 Å². The molecule has 1 rings (SSSR count). The summed E-state index contributed by atoms with van der Waals surface area (Å²) in [6.07, 6.45) is 0.822. The summed E-state index contributed by atoms with van der Waals surface area (Å²) >= 11 is 11.4. The van der Waals surface area contributed by atoms with Crippen LogP contribution < -0.4 is 4.72 Å². The van der Waals surface area contributed by atoms with Crippen molar-refractivity contribution in [3.8, 4) is 0 Å². The molecule has 0 amide bonds. The summed E-state index contributed by atoms with van der Waals surface area (Å²) in [6, 6.07) is 4.00. The summed E-state index contributed by atoms with van der Waals surface area (Å²) in [7, 11) is -5.50. The van der Waals surface area contributed by atoms with Crippen LogP contribution in [0.4, 0.5) is 13.2 Å². The molecule has 1 N–H and O–H groups in total. The first-order chi connectivity index (χ1) is 11.1. The Bertz CT molecular complexity index is 682. The molecule has 136 valence electrons. The molecule has 1 atom stereocenters. The molecule has 0 aliphatic heterocycles. The Hall–Kier alpha value is -1.03. The Morgan fingerprint density at radius 1 is 1.42 bits per heavy atom. The van der Waals surface area contributed by atoms with Crippen LogP contribution in [0.25, 0.3) is 0 Å². The molecule has 0 bridgehead atoms.